The van der Waals surface area contributed by atoms with Crippen molar-refractivity contribution in [3.8, 4) is 0 Å². The number of rotatable bonds is 0. The molecule has 2 unspecified atom stereocenters. The number of nitrogens with zero attached hydrogens (tertiary/aromatic N) is 2. The fourth-order valence-electron chi connectivity index (χ4n) is 1.29. The molecular weight excluding hydrogens is 158 g/mol. The highest BCUT2D eigenvalue weighted by Gasteiger charge is 2.31. The summed E-state index contributed by atoms with van der Waals surface area (Å²) in [5.41, 5.74) is 0. The minimum absolute atomic E-state index is 0. The van der Waals surface area contributed by atoms with Crippen molar-refractivity contribution < 1.29 is 9.90 Å². The van der Waals surface area contributed by atoms with Gasteiger partial charge in [-0.05, 0) is 20.8 Å². The fourth-order valence-corrected chi connectivity index (χ4v) is 1.29. The topological polar surface area (TPSA) is 87.9 Å². The molecule has 1 heterocycles. The molecule has 0 bridgehead atoms. The number of aliphatic imine (C=N–C) groups is 1. The number of carbonyl (C=O) groups is 1. The molecular formula is C7H15N3O2. The van der Waals surface area contributed by atoms with Gasteiger partial charge in [-0.15, -0.1) is 0 Å². The van der Waals surface area contributed by atoms with Crippen molar-refractivity contribution in [1.29, 1.82) is 0 Å². The van der Waals surface area contributed by atoms with Gasteiger partial charge in [0.2, 0.25) is 0 Å². The van der Waals surface area contributed by atoms with Gasteiger partial charge in [0.05, 0.1) is 12.1 Å². The lowest BCUT2D eigenvalue weighted by Gasteiger charge is -2.19. The van der Waals surface area contributed by atoms with Gasteiger partial charge in [-0.25, -0.2) is 4.79 Å². The van der Waals surface area contributed by atoms with Crippen LogP contribution in [0.25, 0.3) is 0 Å². The first kappa shape index (κ1) is 10.9. The van der Waals surface area contributed by atoms with Crippen molar-refractivity contribution in [3.63, 3.8) is 0 Å². The van der Waals surface area contributed by atoms with E-state index in [-0.39, 0.29) is 18.2 Å². The Kier molecular flexibility index (Phi) is 3.21. The van der Waals surface area contributed by atoms with Crippen molar-refractivity contribution in [1.82, 2.24) is 11.1 Å². The summed E-state index contributed by atoms with van der Waals surface area (Å²) in [6, 6.07) is 0.0681. The van der Waals surface area contributed by atoms with Crippen molar-refractivity contribution in [2.75, 3.05) is 0 Å². The van der Waals surface area contributed by atoms with E-state index in [1.54, 1.807) is 6.92 Å². The monoisotopic (exact) mass is 173 g/mol. The third kappa shape index (κ3) is 1.55. The molecule has 4 N–H and O–H groups in total. The molecule has 0 radical (unpaired) electrons. The van der Waals surface area contributed by atoms with Crippen LogP contribution >= 0.6 is 0 Å². The highest BCUT2D eigenvalue weighted by molar-refractivity contribution is 5.95. The van der Waals surface area contributed by atoms with E-state index in [0.29, 0.717) is 5.84 Å². The quantitative estimate of drug-likeness (QED) is 0.579. The van der Waals surface area contributed by atoms with Gasteiger partial charge in [-0.2, -0.15) is 0 Å². The van der Waals surface area contributed by atoms with Crippen molar-refractivity contribution >= 4 is 11.9 Å². The molecule has 0 saturated heterocycles. The van der Waals surface area contributed by atoms with E-state index in [0.717, 1.165) is 0 Å². The number of hydrogen-bond donors (Lipinski definition) is 2. The summed E-state index contributed by atoms with van der Waals surface area (Å²) in [4.78, 5) is 16.0. The maximum absolute atomic E-state index is 10.6. The highest BCUT2D eigenvalue weighted by Crippen LogP contribution is 2.16. The largest absolute Gasteiger partial charge is 0.465 e. The van der Waals surface area contributed by atoms with E-state index in [2.05, 4.69) is 4.99 Å². The van der Waals surface area contributed by atoms with Gasteiger partial charge in [0, 0.05) is 0 Å². The molecule has 0 spiro atoms. The smallest absolute Gasteiger partial charge is 0.413 e. The molecule has 2 atom stereocenters. The minimum atomic E-state index is -0.914. The summed E-state index contributed by atoms with van der Waals surface area (Å²) in [7, 11) is 0. The van der Waals surface area contributed by atoms with Crippen molar-refractivity contribution in [2.45, 2.75) is 32.9 Å². The summed E-state index contributed by atoms with van der Waals surface area (Å²) in [6.45, 7) is 5.49. The Hall–Kier alpha value is -1.10. The third-order valence-electron chi connectivity index (χ3n) is 2.05. The van der Waals surface area contributed by atoms with Gasteiger partial charge in [0.15, 0.2) is 0 Å². The SMILES string of the molecule is CC1=NC(C)C(C)N1C(=O)O.N. The van der Waals surface area contributed by atoms with Crippen LogP contribution in [-0.2, 0) is 0 Å². The lowest BCUT2D eigenvalue weighted by Crippen LogP contribution is -2.39. The molecule has 12 heavy (non-hydrogen) atoms. The first-order valence-corrected chi connectivity index (χ1v) is 3.60. The van der Waals surface area contributed by atoms with Gasteiger partial charge in [0.25, 0.3) is 0 Å². The first-order chi connectivity index (χ1) is 5.04. The van der Waals surface area contributed by atoms with E-state index in [4.69, 9.17) is 5.11 Å². The molecule has 0 saturated carbocycles. The maximum Gasteiger partial charge on any atom is 0.413 e. The Morgan fingerprint density at radius 3 is 2.25 bits per heavy atom. The number of carboxylic acid groups (broad SMARTS) is 1. The second kappa shape index (κ2) is 3.53. The van der Waals surface area contributed by atoms with E-state index < -0.39 is 6.09 Å². The van der Waals surface area contributed by atoms with Gasteiger partial charge < -0.3 is 11.3 Å². The molecule has 1 aliphatic rings. The Labute approximate surface area is 71.7 Å². The zero-order valence-corrected chi connectivity index (χ0v) is 7.61. The Bertz CT molecular complexity index is 215. The predicted molar refractivity (Wildman–Crippen MR) is 46.9 cm³/mol. The average Bonchev–Trinajstić information content (AvgIpc) is 2.07. The van der Waals surface area contributed by atoms with Crippen LogP contribution in [0.2, 0.25) is 0 Å². The van der Waals surface area contributed by atoms with Gasteiger partial charge in [-0.1, -0.05) is 0 Å². The van der Waals surface area contributed by atoms with E-state index >= 15 is 0 Å². The summed E-state index contributed by atoms with van der Waals surface area (Å²) < 4.78 is 0. The van der Waals surface area contributed by atoms with Crippen LogP contribution in [-0.4, -0.2) is 34.0 Å². The summed E-state index contributed by atoms with van der Waals surface area (Å²) in [5.74, 6) is 0.595. The van der Waals surface area contributed by atoms with Crippen molar-refractivity contribution in [2.24, 2.45) is 4.99 Å². The van der Waals surface area contributed by atoms with Gasteiger partial charge in [0.1, 0.15) is 5.84 Å². The minimum Gasteiger partial charge on any atom is -0.465 e. The zero-order valence-electron chi connectivity index (χ0n) is 7.61. The summed E-state index contributed by atoms with van der Waals surface area (Å²) in [5, 5.41) is 8.72. The number of amidine groups is 1. The molecule has 0 fully saturated rings. The van der Waals surface area contributed by atoms with Crippen LogP contribution in [0.3, 0.4) is 0 Å². The summed E-state index contributed by atoms with van der Waals surface area (Å²) in [6.07, 6.45) is -0.914. The van der Waals surface area contributed by atoms with Crippen LogP contribution in [0, 0.1) is 0 Å². The number of amides is 1. The Morgan fingerprint density at radius 1 is 1.58 bits per heavy atom. The van der Waals surface area contributed by atoms with Crippen LogP contribution in [0.4, 0.5) is 4.79 Å². The Balaban J connectivity index is 0.00000121. The molecule has 0 aromatic heterocycles. The number of hydrogen-bond acceptors (Lipinski definition) is 3. The molecule has 0 aliphatic carbocycles. The zero-order chi connectivity index (χ0) is 8.59. The lowest BCUT2D eigenvalue weighted by molar-refractivity contribution is 0.160. The maximum atomic E-state index is 10.6. The standard InChI is InChI=1S/C7H12N2O2.H3N/c1-4-5(2)9(7(10)11)6(3)8-4;/h4-5H,1-3H3,(H,10,11);1H3. The molecule has 5 heteroatoms. The first-order valence-electron chi connectivity index (χ1n) is 3.60. The molecule has 70 valence electrons. The molecule has 1 amide bonds. The van der Waals surface area contributed by atoms with Crippen molar-refractivity contribution in [3.05, 3.63) is 0 Å². The van der Waals surface area contributed by atoms with E-state index in [1.807, 2.05) is 13.8 Å². The Morgan fingerprint density at radius 2 is 2.08 bits per heavy atom. The molecule has 1 rings (SSSR count). The average molecular weight is 173 g/mol. The van der Waals surface area contributed by atoms with E-state index in [1.165, 1.54) is 4.90 Å². The normalized spacial score (nSPS) is 27.9. The molecule has 5 nitrogen and oxygen atoms in total. The van der Waals surface area contributed by atoms with Gasteiger partial charge >= 0.3 is 6.09 Å². The third-order valence-corrected chi connectivity index (χ3v) is 2.05. The molecule has 1 aliphatic heterocycles. The van der Waals surface area contributed by atoms with Crippen LogP contribution < -0.4 is 6.15 Å². The van der Waals surface area contributed by atoms with E-state index in [9.17, 15) is 4.79 Å². The molecule has 0 aromatic rings. The lowest BCUT2D eigenvalue weighted by atomic mass is 10.2. The summed E-state index contributed by atoms with van der Waals surface area (Å²) >= 11 is 0. The van der Waals surface area contributed by atoms with Crippen LogP contribution in [0.1, 0.15) is 20.8 Å². The van der Waals surface area contributed by atoms with Crippen LogP contribution in [0.15, 0.2) is 4.99 Å². The molecule has 0 aromatic carbocycles. The van der Waals surface area contributed by atoms with Crippen LogP contribution in [0.5, 0.6) is 0 Å². The fraction of sp³-hybridized carbons (Fsp3) is 0.714. The van der Waals surface area contributed by atoms with Gasteiger partial charge in [-0.3, -0.25) is 9.89 Å². The second-order valence-corrected chi connectivity index (χ2v) is 2.81. The predicted octanol–water partition coefficient (Wildman–Crippen LogP) is 1.34. The second-order valence-electron chi connectivity index (χ2n) is 2.81. The highest BCUT2D eigenvalue weighted by atomic mass is 16.4.